The lowest BCUT2D eigenvalue weighted by molar-refractivity contribution is -0.134. The molecule has 2 aromatic rings. The van der Waals surface area contributed by atoms with E-state index in [0.29, 0.717) is 0 Å². The topological polar surface area (TPSA) is 44.1 Å². The van der Waals surface area contributed by atoms with Crippen LogP contribution >= 0.6 is 0 Å². The minimum Gasteiger partial charge on any atom is -0.466 e. The van der Waals surface area contributed by atoms with E-state index in [1.54, 1.807) is 36.1 Å². The van der Waals surface area contributed by atoms with Crippen molar-refractivity contribution in [1.82, 2.24) is 9.78 Å². The van der Waals surface area contributed by atoms with Crippen LogP contribution in [0.2, 0.25) is 0 Å². The van der Waals surface area contributed by atoms with Crippen LogP contribution in [0.4, 0.5) is 4.39 Å². The molecule has 1 aromatic carbocycles. The summed E-state index contributed by atoms with van der Waals surface area (Å²) in [5.74, 6) is -0.730. The fourth-order valence-electron chi connectivity index (χ4n) is 1.76. The van der Waals surface area contributed by atoms with Crippen molar-refractivity contribution in [2.45, 2.75) is 0 Å². The molecule has 0 saturated carbocycles. The van der Waals surface area contributed by atoms with Crippen molar-refractivity contribution < 1.29 is 13.9 Å². The van der Waals surface area contributed by atoms with Gasteiger partial charge in [0, 0.05) is 24.3 Å². The van der Waals surface area contributed by atoms with E-state index in [9.17, 15) is 9.18 Å². The molecule has 0 aliphatic carbocycles. The van der Waals surface area contributed by atoms with Gasteiger partial charge in [0.25, 0.3) is 0 Å². The number of benzene rings is 1. The van der Waals surface area contributed by atoms with E-state index in [4.69, 9.17) is 0 Å². The maximum atomic E-state index is 12.9. The van der Waals surface area contributed by atoms with Gasteiger partial charge in [-0.25, -0.2) is 9.18 Å². The van der Waals surface area contributed by atoms with Crippen LogP contribution in [0, 0.1) is 5.82 Å². The lowest BCUT2D eigenvalue weighted by Crippen LogP contribution is -1.95. The van der Waals surface area contributed by atoms with Gasteiger partial charge in [-0.05, 0) is 30.3 Å². The van der Waals surface area contributed by atoms with Crippen molar-refractivity contribution in [3.05, 3.63) is 47.9 Å². The van der Waals surface area contributed by atoms with Gasteiger partial charge in [0.1, 0.15) is 5.82 Å². The first kappa shape index (κ1) is 13.0. The lowest BCUT2D eigenvalue weighted by Gasteiger charge is -2.04. The number of methoxy groups -OCH3 is 1. The lowest BCUT2D eigenvalue weighted by atomic mass is 10.1. The molecule has 0 fully saturated rings. The Morgan fingerprint density at radius 2 is 2.05 bits per heavy atom. The summed E-state index contributed by atoms with van der Waals surface area (Å²) in [4.78, 5) is 11.1. The predicted octanol–water partition coefficient (Wildman–Crippen LogP) is 2.41. The summed E-state index contributed by atoms with van der Waals surface area (Å²) in [6.45, 7) is 0. The summed E-state index contributed by atoms with van der Waals surface area (Å²) in [5.41, 5.74) is 2.39. The molecule has 0 atom stereocenters. The molecule has 5 heteroatoms. The number of carbonyl (C=O) groups is 1. The highest BCUT2D eigenvalue weighted by Crippen LogP contribution is 2.24. The van der Waals surface area contributed by atoms with Crippen molar-refractivity contribution in [1.29, 1.82) is 0 Å². The second-order valence-electron chi connectivity index (χ2n) is 3.94. The molecule has 0 bridgehead atoms. The minimum atomic E-state index is -0.436. The standard InChI is InChI=1S/C14H13FN2O2/c1-17-14(10-3-6-12(15)7-4-10)11(9-16-17)5-8-13(18)19-2/h3-9H,1-2H3. The maximum absolute atomic E-state index is 12.9. The molecule has 0 amide bonds. The first-order valence-corrected chi connectivity index (χ1v) is 5.66. The Bertz CT molecular complexity index is 615. The fraction of sp³-hybridized carbons (Fsp3) is 0.143. The number of halogens is 1. The van der Waals surface area contributed by atoms with Crippen LogP contribution in [0.25, 0.3) is 17.3 Å². The summed E-state index contributed by atoms with van der Waals surface area (Å²) in [7, 11) is 3.10. The quantitative estimate of drug-likeness (QED) is 0.628. The third-order valence-corrected chi connectivity index (χ3v) is 2.68. The molecular weight excluding hydrogens is 247 g/mol. The van der Waals surface area contributed by atoms with Gasteiger partial charge in [-0.1, -0.05) is 0 Å². The summed E-state index contributed by atoms with van der Waals surface area (Å²) in [6.07, 6.45) is 4.58. The molecule has 19 heavy (non-hydrogen) atoms. The van der Waals surface area contributed by atoms with Crippen molar-refractivity contribution in [3.63, 3.8) is 0 Å². The highest BCUT2D eigenvalue weighted by molar-refractivity contribution is 5.88. The van der Waals surface area contributed by atoms with E-state index in [1.807, 2.05) is 0 Å². The molecule has 0 saturated heterocycles. The third kappa shape index (κ3) is 2.88. The monoisotopic (exact) mass is 260 g/mol. The van der Waals surface area contributed by atoms with E-state index < -0.39 is 5.97 Å². The Kier molecular flexibility index (Phi) is 3.75. The first-order valence-electron chi connectivity index (χ1n) is 5.66. The van der Waals surface area contributed by atoms with Gasteiger partial charge < -0.3 is 4.74 Å². The number of esters is 1. The van der Waals surface area contributed by atoms with E-state index in [2.05, 4.69) is 9.84 Å². The van der Waals surface area contributed by atoms with E-state index in [1.165, 1.54) is 25.3 Å². The number of rotatable bonds is 3. The summed E-state index contributed by atoms with van der Waals surface area (Å²) in [6, 6.07) is 6.11. The molecule has 4 nitrogen and oxygen atoms in total. The molecule has 0 unspecified atom stereocenters. The number of hydrogen-bond donors (Lipinski definition) is 0. The average molecular weight is 260 g/mol. The van der Waals surface area contributed by atoms with Crippen molar-refractivity contribution >= 4 is 12.0 Å². The summed E-state index contributed by atoms with van der Waals surface area (Å²) < 4.78 is 19.1. The largest absolute Gasteiger partial charge is 0.466 e. The number of nitrogens with zero attached hydrogens (tertiary/aromatic N) is 2. The number of aromatic nitrogens is 2. The molecule has 0 spiro atoms. The van der Waals surface area contributed by atoms with Crippen molar-refractivity contribution in [2.24, 2.45) is 7.05 Å². The number of ether oxygens (including phenoxy) is 1. The second kappa shape index (κ2) is 5.48. The van der Waals surface area contributed by atoms with Crippen LogP contribution in [0.1, 0.15) is 5.56 Å². The molecule has 0 aliphatic rings. The fourth-order valence-corrected chi connectivity index (χ4v) is 1.76. The molecule has 1 heterocycles. The first-order chi connectivity index (χ1) is 9.11. The Morgan fingerprint density at radius 3 is 2.68 bits per heavy atom. The van der Waals surface area contributed by atoms with Gasteiger partial charge in [0.15, 0.2) is 0 Å². The van der Waals surface area contributed by atoms with E-state index >= 15 is 0 Å². The van der Waals surface area contributed by atoms with Crippen LogP contribution in [-0.4, -0.2) is 22.9 Å². The third-order valence-electron chi connectivity index (χ3n) is 2.68. The Morgan fingerprint density at radius 1 is 1.37 bits per heavy atom. The van der Waals surface area contributed by atoms with E-state index in [0.717, 1.165) is 16.8 Å². The smallest absolute Gasteiger partial charge is 0.330 e. The van der Waals surface area contributed by atoms with Gasteiger partial charge in [0.2, 0.25) is 0 Å². The average Bonchev–Trinajstić information content (AvgIpc) is 2.78. The Hall–Kier alpha value is -2.43. The number of carbonyl (C=O) groups excluding carboxylic acids is 1. The summed E-state index contributed by atoms with van der Waals surface area (Å²) >= 11 is 0. The van der Waals surface area contributed by atoms with Crippen LogP contribution in [0.15, 0.2) is 36.5 Å². The highest BCUT2D eigenvalue weighted by atomic mass is 19.1. The Labute approximate surface area is 110 Å². The molecule has 98 valence electrons. The minimum absolute atomic E-state index is 0.294. The predicted molar refractivity (Wildman–Crippen MR) is 69.7 cm³/mol. The van der Waals surface area contributed by atoms with Crippen LogP contribution in [0.5, 0.6) is 0 Å². The number of hydrogen-bond acceptors (Lipinski definition) is 3. The molecule has 0 radical (unpaired) electrons. The zero-order valence-electron chi connectivity index (χ0n) is 10.6. The zero-order valence-corrected chi connectivity index (χ0v) is 10.6. The van der Waals surface area contributed by atoms with Crippen LogP contribution in [0.3, 0.4) is 0 Å². The maximum Gasteiger partial charge on any atom is 0.330 e. The molecule has 2 rings (SSSR count). The second-order valence-corrected chi connectivity index (χ2v) is 3.94. The SMILES string of the molecule is COC(=O)C=Cc1cnn(C)c1-c1ccc(F)cc1. The molecule has 1 aromatic heterocycles. The highest BCUT2D eigenvalue weighted by Gasteiger charge is 2.09. The normalized spacial score (nSPS) is 10.9. The van der Waals surface area contributed by atoms with Crippen molar-refractivity contribution in [3.8, 4) is 11.3 Å². The zero-order chi connectivity index (χ0) is 13.8. The summed E-state index contributed by atoms with van der Waals surface area (Å²) in [5, 5.41) is 4.14. The van der Waals surface area contributed by atoms with Crippen molar-refractivity contribution in [2.75, 3.05) is 7.11 Å². The molecule has 0 aliphatic heterocycles. The van der Waals surface area contributed by atoms with Gasteiger partial charge >= 0.3 is 5.97 Å². The molecule has 0 N–H and O–H groups in total. The number of aryl methyl sites for hydroxylation is 1. The van der Waals surface area contributed by atoms with Gasteiger partial charge in [-0.15, -0.1) is 0 Å². The molecular formula is C14H13FN2O2. The van der Waals surface area contributed by atoms with E-state index in [-0.39, 0.29) is 5.82 Å². The van der Waals surface area contributed by atoms with Gasteiger partial charge in [0.05, 0.1) is 19.0 Å². The van der Waals surface area contributed by atoms with Gasteiger partial charge in [-0.2, -0.15) is 5.10 Å². The Balaban J connectivity index is 2.40. The van der Waals surface area contributed by atoms with Crippen LogP contribution in [-0.2, 0) is 16.6 Å². The van der Waals surface area contributed by atoms with Gasteiger partial charge in [-0.3, -0.25) is 4.68 Å². The van der Waals surface area contributed by atoms with Crippen LogP contribution < -0.4 is 0 Å².